The van der Waals surface area contributed by atoms with E-state index in [0.717, 1.165) is 31.6 Å². The number of aromatic nitrogens is 1. The van der Waals surface area contributed by atoms with Crippen LogP contribution in [0.2, 0.25) is 0 Å². The van der Waals surface area contributed by atoms with Gasteiger partial charge in [0, 0.05) is 36.9 Å². The third-order valence-electron chi connectivity index (χ3n) is 6.15. The third-order valence-corrected chi connectivity index (χ3v) is 6.15. The summed E-state index contributed by atoms with van der Waals surface area (Å²) >= 11 is 0. The van der Waals surface area contributed by atoms with Crippen molar-refractivity contribution < 1.29 is 9.53 Å². The Kier molecular flexibility index (Phi) is 5.34. The molecule has 1 amide bonds. The number of hydrogen-bond donors (Lipinski definition) is 1. The van der Waals surface area contributed by atoms with Crippen LogP contribution in [-0.4, -0.2) is 41.7 Å². The Balaban J connectivity index is 1.43. The normalized spacial score (nSPS) is 28.8. The highest BCUT2D eigenvalue weighted by Crippen LogP contribution is 2.41. The lowest BCUT2D eigenvalue weighted by Gasteiger charge is -2.44. The van der Waals surface area contributed by atoms with Gasteiger partial charge in [-0.1, -0.05) is 36.8 Å². The van der Waals surface area contributed by atoms with Crippen molar-refractivity contribution in [2.45, 2.75) is 64.2 Å². The number of carbonyl (C=O) groups is 1. The maximum absolute atomic E-state index is 12.8. The number of anilines is 1. The lowest BCUT2D eigenvalue weighted by atomic mass is 9.99. The first-order valence-corrected chi connectivity index (χ1v) is 10.6. The van der Waals surface area contributed by atoms with Crippen molar-refractivity contribution in [3.8, 4) is 0 Å². The SMILES string of the molecule is CC[C@]1(C)CN(c2ccnc(C(=O)N[C@@H]3C[C@H]3c3cccc(C)c3)c2)C[C@H](C)O1. The molecule has 2 aliphatic rings. The molecule has 0 unspecified atom stereocenters. The number of benzene rings is 1. The smallest absolute Gasteiger partial charge is 0.270 e. The summed E-state index contributed by atoms with van der Waals surface area (Å²) in [5, 5.41) is 3.16. The average Bonchev–Trinajstić information content (AvgIpc) is 3.46. The summed E-state index contributed by atoms with van der Waals surface area (Å²) in [4.78, 5) is 19.4. The summed E-state index contributed by atoms with van der Waals surface area (Å²) in [6, 6.07) is 12.6. The van der Waals surface area contributed by atoms with Crippen molar-refractivity contribution in [2.75, 3.05) is 18.0 Å². The first-order valence-electron chi connectivity index (χ1n) is 10.6. The minimum atomic E-state index is -0.168. The molecule has 29 heavy (non-hydrogen) atoms. The summed E-state index contributed by atoms with van der Waals surface area (Å²) in [5.74, 6) is 0.318. The van der Waals surface area contributed by atoms with Gasteiger partial charge in [0.1, 0.15) is 5.69 Å². The highest BCUT2D eigenvalue weighted by Gasteiger charge is 2.40. The van der Waals surface area contributed by atoms with E-state index in [1.165, 1.54) is 11.1 Å². The van der Waals surface area contributed by atoms with Gasteiger partial charge >= 0.3 is 0 Å². The Labute approximate surface area is 173 Å². The standard InChI is InChI=1S/C24H31N3O2/c1-5-24(4)15-27(14-17(3)29-24)19-9-10-25-22(12-19)23(28)26-21-13-20(21)18-8-6-7-16(2)11-18/h6-12,17,20-21H,5,13-15H2,1-4H3,(H,26,28)/t17-,20-,21+,24+/m0/s1. The Morgan fingerprint density at radius 2 is 2.17 bits per heavy atom. The lowest BCUT2D eigenvalue weighted by molar-refractivity contribution is -0.0887. The average molecular weight is 394 g/mol. The van der Waals surface area contributed by atoms with E-state index in [1.807, 2.05) is 12.1 Å². The fourth-order valence-electron chi connectivity index (χ4n) is 4.34. The van der Waals surface area contributed by atoms with Crippen LogP contribution >= 0.6 is 0 Å². The zero-order valence-electron chi connectivity index (χ0n) is 17.8. The second-order valence-electron chi connectivity index (χ2n) is 8.85. The fraction of sp³-hybridized carbons (Fsp3) is 0.500. The molecule has 1 N–H and O–H groups in total. The molecule has 5 heteroatoms. The Morgan fingerprint density at radius 1 is 1.34 bits per heavy atom. The maximum Gasteiger partial charge on any atom is 0.270 e. The van der Waals surface area contributed by atoms with E-state index in [4.69, 9.17) is 4.74 Å². The molecule has 2 heterocycles. The molecule has 1 aromatic carbocycles. The molecule has 2 aromatic rings. The van der Waals surface area contributed by atoms with Crippen LogP contribution in [0.25, 0.3) is 0 Å². The van der Waals surface area contributed by atoms with Gasteiger partial charge in [0.05, 0.1) is 11.7 Å². The number of rotatable bonds is 5. The number of nitrogens with zero attached hydrogens (tertiary/aromatic N) is 2. The van der Waals surface area contributed by atoms with E-state index < -0.39 is 0 Å². The van der Waals surface area contributed by atoms with E-state index in [1.54, 1.807) is 6.20 Å². The van der Waals surface area contributed by atoms with Crippen molar-refractivity contribution in [3.05, 3.63) is 59.4 Å². The maximum atomic E-state index is 12.8. The number of pyridine rings is 1. The zero-order valence-corrected chi connectivity index (χ0v) is 17.8. The lowest BCUT2D eigenvalue weighted by Crippen LogP contribution is -2.53. The number of morpholine rings is 1. The molecular weight excluding hydrogens is 362 g/mol. The third kappa shape index (κ3) is 4.45. The van der Waals surface area contributed by atoms with Gasteiger partial charge in [0.25, 0.3) is 5.91 Å². The van der Waals surface area contributed by atoms with Crippen LogP contribution in [0.3, 0.4) is 0 Å². The molecule has 1 saturated heterocycles. The number of nitrogens with one attached hydrogen (secondary N) is 1. The number of hydrogen-bond acceptors (Lipinski definition) is 4. The number of ether oxygens (including phenoxy) is 1. The summed E-state index contributed by atoms with van der Waals surface area (Å²) in [5.41, 5.74) is 3.91. The van der Waals surface area contributed by atoms with Crippen molar-refractivity contribution in [1.82, 2.24) is 10.3 Å². The van der Waals surface area contributed by atoms with Crippen LogP contribution in [0, 0.1) is 6.92 Å². The number of amides is 1. The van der Waals surface area contributed by atoms with Gasteiger partial charge in [-0.25, -0.2) is 0 Å². The second kappa shape index (κ2) is 7.79. The summed E-state index contributed by atoms with van der Waals surface area (Å²) in [6.45, 7) is 10.2. The van der Waals surface area contributed by atoms with E-state index in [-0.39, 0.29) is 23.7 Å². The van der Waals surface area contributed by atoms with Gasteiger partial charge in [-0.2, -0.15) is 0 Å². The second-order valence-corrected chi connectivity index (χ2v) is 8.85. The molecule has 1 aliphatic carbocycles. The van der Waals surface area contributed by atoms with Gasteiger partial charge in [-0.05, 0) is 51.3 Å². The van der Waals surface area contributed by atoms with Gasteiger partial charge in [-0.15, -0.1) is 0 Å². The predicted octanol–water partition coefficient (Wildman–Crippen LogP) is 4.07. The van der Waals surface area contributed by atoms with Crippen LogP contribution in [0.5, 0.6) is 0 Å². The molecule has 154 valence electrons. The molecule has 1 saturated carbocycles. The van der Waals surface area contributed by atoms with Crippen LogP contribution in [0.15, 0.2) is 42.6 Å². The molecule has 2 fully saturated rings. The zero-order chi connectivity index (χ0) is 20.6. The largest absolute Gasteiger partial charge is 0.369 e. The van der Waals surface area contributed by atoms with Crippen molar-refractivity contribution in [3.63, 3.8) is 0 Å². The van der Waals surface area contributed by atoms with E-state index in [0.29, 0.717) is 11.6 Å². The number of aryl methyl sites for hydroxylation is 1. The molecule has 1 aliphatic heterocycles. The Hall–Kier alpha value is -2.40. The predicted molar refractivity (Wildman–Crippen MR) is 115 cm³/mol. The highest BCUT2D eigenvalue weighted by molar-refractivity contribution is 5.93. The Morgan fingerprint density at radius 3 is 2.93 bits per heavy atom. The van der Waals surface area contributed by atoms with E-state index >= 15 is 0 Å². The first kappa shape index (κ1) is 19.9. The summed E-state index contributed by atoms with van der Waals surface area (Å²) in [6.07, 6.45) is 3.83. The molecule has 0 spiro atoms. The van der Waals surface area contributed by atoms with Crippen molar-refractivity contribution in [2.24, 2.45) is 0 Å². The molecule has 0 bridgehead atoms. The molecule has 1 aromatic heterocycles. The van der Waals surface area contributed by atoms with Crippen molar-refractivity contribution >= 4 is 11.6 Å². The molecule has 4 atom stereocenters. The topological polar surface area (TPSA) is 54.5 Å². The van der Waals surface area contributed by atoms with Gasteiger partial charge in [0.2, 0.25) is 0 Å². The van der Waals surface area contributed by atoms with Crippen LogP contribution in [0.4, 0.5) is 5.69 Å². The van der Waals surface area contributed by atoms with Gasteiger partial charge in [0.15, 0.2) is 0 Å². The highest BCUT2D eigenvalue weighted by atomic mass is 16.5. The fourth-order valence-corrected chi connectivity index (χ4v) is 4.34. The van der Waals surface area contributed by atoms with Crippen LogP contribution < -0.4 is 10.2 Å². The van der Waals surface area contributed by atoms with Crippen LogP contribution in [0.1, 0.15) is 61.1 Å². The minimum Gasteiger partial charge on any atom is -0.369 e. The van der Waals surface area contributed by atoms with E-state index in [9.17, 15) is 4.79 Å². The van der Waals surface area contributed by atoms with Gasteiger partial charge in [-0.3, -0.25) is 9.78 Å². The molecular formula is C24H31N3O2. The number of carbonyl (C=O) groups excluding carboxylic acids is 1. The molecule has 4 rings (SSSR count). The first-order chi connectivity index (χ1) is 13.9. The summed E-state index contributed by atoms with van der Waals surface area (Å²) in [7, 11) is 0. The molecule has 0 radical (unpaired) electrons. The van der Waals surface area contributed by atoms with E-state index in [2.05, 4.69) is 67.2 Å². The van der Waals surface area contributed by atoms with Gasteiger partial charge < -0.3 is 15.0 Å². The van der Waals surface area contributed by atoms with Crippen LogP contribution in [-0.2, 0) is 4.74 Å². The summed E-state index contributed by atoms with van der Waals surface area (Å²) < 4.78 is 6.14. The quantitative estimate of drug-likeness (QED) is 0.832. The Bertz CT molecular complexity index is 899. The monoisotopic (exact) mass is 393 g/mol. The molecule has 5 nitrogen and oxygen atoms in total. The minimum absolute atomic E-state index is 0.0911. The van der Waals surface area contributed by atoms with Crippen molar-refractivity contribution in [1.29, 1.82) is 0 Å².